The summed E-state index contributed by atoms with van der Waals surface area (Å²) < 4.78 is 4.93. The first-order chi connectivity index (χ1) is 5.64. The van der Waals surface area contributed by atoms with Gasteiger partial charge in [-0.3, -0.25) is 0 Å². The molecule has 4 heteroatoms. The normalized spacial score (nSPS) is 42.2. The zero-order chi connectivity index (χ0) is 9.19. The van der Waals surface area contributed by atoms with Gasteiger partial charge in [0.15, 0.2) is 5.79 Å². The second-order valence-corrected chi connectivity index (χ2v) is 2.82. The highest BCUT2D eigenvalue weighted by Crippen LogP contribution is 2.28. The van der Waals surface area contributed by atoms with E-state index in [1.54, 1.807) is 0 Å². The average molecular weight is 172 g/mol. The quantitative estimate of drug-likeness (QED) is 0.433. The van der Waals surface area contributed by atoms with Gasteiger partial charge in [-0.2, -0.15) is 0 Å². The standard InChI is InChI=1S/C8H12O4/c1-2-8(11)6(5-9)7(10)3-4-12-8/h2,5-7,10-11H,1,3-4H2/t6-,7+,8-/m1/s1. The van der Waals surface area contributed by atoms with Gasteiger partial charge < -0.3 is 19.7 Å². The molecule has 0 saturated carbocycles. The largest absolute Gasteiger partial charge is 0.392 e. The predicted molar refractivity (Wildman–Crippen MR) is 41.3 cm³/mol. The molecule has 1 rings (SSSR count). The van der Waals surface area contributed by atoms with Crippen LogP contribution in [-0.2, 0) is 9.53 Å². The van der Waals surface area contributed by atoms with E-state index in [9.17, 15) is 15.0 Å². The van der Waals surface area contributed by atoms with Crippen molar-refractivity contribution in [1.29, 1.82) is 0 Å². The second-order valence-electron chi connectivity index (χ2n) is 2.82. The Labute approximate surface area is 70.5 Å². The number of ether oxygens (including phenoxy) is 1. The van der Waals surface area contributed by atoms with E-state index in [0.29, 0.717) is 12.7 Å². The van der Waals surface area contributed by atoms with Gasteiger partial charge in [-0.1, -0.05) is 6.58 Å². The lowest BCUT2D eigenvalue weighted by atomic mass is 9.90. The number of aliphatic hydroxyl groups excluding tert-OH is 1. The predicted octanol–water partition coefficient (Wildman–Crippen LogP) is -0.543. The van der Waals surface area contributed by atoms with Gasteiger partial charge in [0.25, 0.3) is 0 Å². The minimum Gasteiger partial charge on any atom is -0.392 e. The molecule has 1 heterocycles. The first-order valence-corrected chi connectivity index (χ1v) is 3.77. The molecule has 1 saturated heterocycles. The molecule has 0 aromatic carbocycles. The van der Waals surface area contributed by atoms with Gasteiger partial charge in [0.1, 0.15) is 6.29 Å². The van der Waals surface area contributed by atoms with Gasteiger partial charge in [-0.05, 0) is 12.5 Å². The van der Waals surface area contributed by atoms with Gasteiger partial charge in [-0.15, -0.1) is 0 Å². The molecule has 1 aliphatic rings. The molecular formula is C8H12O4. The van der Waals surface area contributed by atoms with Gasteiger partial charge in [0.2, 0.25) is 0 Å². The summed E-state index contributed by atoms with van der Waals surface area (Å²) >= 11 is 0. The van der Waals surface area contributed by atoms with E-state index in [4.69, 9.17) is 4.74 Å². The number of hydrogen-bond acceptors (Lipinski definition) is 4. The fourth-order valence-electron chi connectivity index (χ4n) is 1.28. The topological polar surface area (TPSA) is 66.8 Å². The molecule has 0 aromatic rings. The van der Waals surface area contributed by atoms with Crippen molar-refractivity contribution in [3.05, 3.63) is 12.7 Å². The number of carbonyl (C=O) groups is 1. The Bertz CT molecular complexity index is 191. The van der Waals surface area contributed by atoms with E-state index in [1.165, 1.54) is 0 Å². The summed E-state index contributed by atoms with van der Waals surface area (Å²) in [5.41, 5.74) is 0. The van der Waals surface area contributed by atoms with E-state index in [0.717, 1.165) is 6.08 Å². The lowest BCUT2D eigenvalue weighted by Gasteiger charge is -2.37. The summed E-state index contributed by atoms with van der Waals surface area (Å²) in [7, 11) is 0. The third-order valence-corrected chi connectivity index (χ3v) is 2.08. The number of aldehydes is 1. The van der Waals surface area contributed by atoms with E-state index in [-0.39, 0.29) is 6.61 Å². The number of carbonyl (C=O) groups excluding carboxylic acids is 1. The summed E-state index contributed by atoms with van der Waals surface area (Å²) in [6.07, 6.45) is 1.14. The minimum absolute atomic E-state index is 0.230. The first kappa shape index (κ1) is 9.38. The molecule has 68 valence electrons. The van der Waals surface area contributed by atoms with E-state index in [1.807, 2.05) is 0 Å². The molecule has 4 nitrogen and oxygen atoms in total. The third kappa shape index (κ3) is 1.41. The Morgan fingerprint density at radius 2 is 2.33 bits per heavy atom. The average Bonchev–Trinajstić information content (AvgIpc) is 2.05. The van der Waals surface area contributed by atoms with E-state index >= 15 is 0 Å². The highest BCUT2D eigenvalue weighted by atomic mass is 16.6. The monoisotopic (exact) mass is 172 g/mol. The Morgan fingerprint density at radius 1 is 1.67 bits per heavy atom. The maximum absolute atomic E-state index is 10.5. The van der Waals surface area contributed by atoms with Crippen LogP contribution in [0, 0.1) is 5.92 Å². The van der Waals surface area contributed by atoms with Crippen LogP contribution >= 0.6 is 0 Å². The number of hydrogen-bond donors (Lipinski definition) is 2. The lowest BCUT2D eigenvalue weighted by Crippen LogP contribution is -2.50. The van der Waals surface area contributed by atoms with Crippen molar-refractivity contribution < 1.29 is 19.7 Å². The van der Waals surface area contributed by atoms with Crippen LogP contribution in [0.1, 0.15) is 6.42 Å². The minimum atomic E-state index is -1.70. The van der Waals surface area contributed by atoms with Crippen molar-refractivity contribution in [2.45, 2.75) is 18.3 Å². The van der Waals surface area contributed by atoms with E-state index < -0.39 is 17.8 Å². The maximum Gasteiger partial charge on any atom is 0.197 e. The van der Waals surface area contributed by atoms with Gasteiger partial charge in [0, 0.05) is 0 Å². The summed E-state index contributed by atoms with van der Waals surface area (Å²) in [5, 5.41) is 18.9. The Hall–Kier alpha value is -0.710. The Balaban J connectivity index is 2.83. The molecule has 1 fully saturated rings. The molecule has 1 aliphatic heterocycles. The number of aliphatic hydroxyl groups is 2. The van der Waals surface area contributed by atoms with Gasteiger partial charge in [0.05, 0.1) is 18.6 Å². The van der Waals surface area contributed by atoms with Crippen molar-refractivity contribution in [1.82, 2.24) is 0 Å². The van der Waals surface area contributed by atoms with Gasteiger partial charge in [-0.25, -0.2) is 0 Å². The van der Waals surface area contributed by atoms with Gasteiger partial charge >= 0.3 is 0 Å². The van der Waals surface area contributed by atoms with Crippen molar-refractivity contribution in [3.63, 3.8) is 0 Å². The molecule has 0 aliphatic carbocycles. The van der Waals surface area contributed by atoms with Crippen molar-refractivity contribution in [2.75, 3.05) is 6.61 Å². The van der Waals surface area contributed by atoms with Crippen LogP contribution in [0.5, 0.6) is 0 Å². The molecule has 0 radical (unpaired) electrons. The fraction of sp³-hybridized carbons (Fsp3) is 0.625. The summed E-state index contributed by atoms with van der Waals surface area (Å²) in [6.45, 7) is 3.57. The smallest absolute Gasteiger partial charge is 0.197 e. The van der Waals surface area contributed by atoms with E-state index in [2.05, 4.69) is 6.58 Å². The Kier molecular flexibility index (Phi) is 2.62. The molecule has 0 bridgehead atoms. The Morgan fingerprint density at radius 3 is 2.75 bits per heavy atom. The summed E-state index contributed by atoms with van der Waals surface area (Å²) in [6, 6.07) is 0. The zero-order valence-corrected chi connectivity index (χ0v) is 6.64. The highest BCUT2D eigenvalue weighted by molar-refractivity contribution is 5.57. The van der Waals surface area contributed by atoms with Crippen molar-refractivity contribution in [2.24, 2.45) is 5.92 Å². The molecule has 0 unspecified atom stereocenters. The van der Waals surface area contributed by atoms with Crippen LogP contribution in [0.2, 0.25) is 0 Å². The van der Waals surface area contributed by atoms with Crippen LogP contribution < -0.4 is 0 Å². The van der Waals surface area contributed by atoms with Crippen LogP contribution in [0.15, 0.2) is 12.7 Å². The molecule has 0 spiro atoms. The third-order valence-electron chi connectivity index (χ3n) is 2.08. The molecule has 0 amide bonds. The molecule has 0 aromatic heterocycles. The first-order valence-electron chi connectivity index (χ1n) is 3.77. The molecular weight excluding hydrogens is 160 g/mol. The van der Waals surface area contributed by atoms with Crippen LogP contribution in [0.3, 0.4) is 0 Å². The highest BCUT2D eigenvalue weighted by Gasteiger charge is 2.43. The number of rotatable bonds is 2. The SMILES string of the molecule is C=C[C@@]1(O)OCC[C@H](O)[C@H]1C=O. The van der Waals surface area contributed by atoms with Crippen molar-refractivity contribution >= 4 is 6.29 Å². The zero-order valence-electron chi connectivity index (χ0n) is 6.64. The summed E-state index contributed by atoms with van der Waals surface area (Å²) in [4.78, 5) is 10.5. The molecule has 3 atom stereocenters. The molecule has 12 heavy (non-hydrogen) atoms. The lowest BCUT2D eigenvalue weighted by molar-refractivity contribution is -0.240. The fourth-order valence-corrected chi connectivity index (χ4v) is 1.28. The van der Waals surface area contributed by atoms with Crippen LogP contribution in [0.25, 0.3) is 0 Å². The molecule has 2 N–H and O–H groups in total. The van der Waals surface area contributed by atoms with Crippen LogP contribution in [-0.4, -0.2) is 35.0 Å². The summed E-state index contributed by atoms with van der Waals surface area (Å²) in [5.74, 6) is -2.62. The second kappa shape index (κ2) is 3.35. The van der Waals surface area contributed by atoms with Crippen molar-refractivity contribution in [3.8, 4) is 0 Å². The maximum atomic E-state index is 10.5. The van der Waals surface area contributed by atoms with Crippen LogP contribution in [0.4, 0.5) is 0 Å².